The predicted molar refractivity (Wildman–Crippen MR) is 119 cm³/mol. The van der Waals surface area contributed by atoms with Crippen molar-refractivity contribution in [3.8, 4) is 11.5 Å². The Bertz CT molecular complexity index is 1110. The van der Waals surface area contributed by atoms with Crippen molar-refractivity contribution in [2.24, 2.45) is 0 Å². The van der Waals surface area contributed by atoms with Crippen molar-refractivity contribution >= 4 is 21.6 Å². The lowest BCUT2D eigenvalue weighted by molar-refractivity contribution is -0.129. The van der Waals surface area contributed by atoms with E-state index in [4.69, 9.17) is 9.47 Å². The average Bonchev–Trinajstić information content (AvgIpc) is 2.71. The first kappa shape index (κ1) is 21.5. The highest BCUT2D eigenvalue weighted by Gasteiger charge is 2.39. The van der Waals surface area contributed by atoms with E-state index < -0.39 is 21.7 Å². The van der Waals surface area contributed by atoms with E-state index in [1.54, 1.807) is 31.2 Å². The maximum atomic E-state index is 13.2. The zero-order valence-corrected chi connectivity index (χ0v) is 19.0. The minimum absolute atomic E-state index is 0.0590. The molecule has 0 spiro atoms. The minimum atomic E-state index is -3.55. The number of nitrogens with one attached hydrogen (secondary N) is 1. The van der Waals surface area contributed by atoms with E-state index in [9.17, 15) is 13.2 Å². The minimum Gasteiger partial charge on any atom is -0.487 e. The molecule has 1 N–H and O–H groups in total. The first-order valence-corrected chi connectivity index (χ1v) is 12.1. The van der Waals surface area contributed by atoms with E-state index in [2.05, 4.69) is 5.32 Å². The van der Waals surface area contributed by atoms with Crippen LogP contribution in [0.4, 0.5) is 5.69 Å². The SMILES string of the molecule is CCS(=O)(=O)N1C[C@@H](C(=O)N[C@H]2CC(C)(C)Oc3cc(C)ccc32)Oc2ccccc21. The number of nitrogens with zero attached hydrogens (tertiary/aromatic N) is 1. The lowest BCUT2D eigenvalue weighted by atomic mass is 9.89. The Balaban J connectivity index is 1.61. The van der Waals surface area contributed by atoms with E-state index in [1.807, 2.05) is 39.0 Å². The number of sulfonamides is 1. The molecule has 2 aliphatic rings. The normalized spacial score (nSPS) is 21.9. The summed E-state index contributed by atoms with van der Waals surface area (Å²) in [6, 6.07) is 12.6. The number of ether oxygens (including phenoxy) is 2. The van der Waals surface area contributed by atoms with Crippen LogP contribution in [0.1, 0.15) is 44.4 Å². The second-order valence-electron chi connectivity index (χ2n) is 8.67. The van der Waals surface area contributed by atoms with Gasteiger partial charge < -0.3 is 14.8 Å². The predicted octanol–water partition coefficient (Wildman–Crippen LogP) is 3.33. The Kier molecular flexibility index (Phi) is 5.37. The molecule has 0 bridgehead atoms. The van der Waals surface area contributed by atoms with Gasteiger partial charge in [-0.1, -0.05) is 24.3 Å². The zero-order valence-electron chi connectivity index (χ0n) is 18.2. The van der Waals surface area contributed by atoms with Crippen LogP contribution in [0.25, 0.3) is 0 Å². The quantitative estimate of drug-likeness (QED) is 0.782. The molecule has 0 unspecified atom stereocenters. The highest BCUT2D eigenvalue weighted by Crippen LogP contribution is 2.40. The fourth-order valence-electron chi connectivity index (χ4n) is 4.11. The second kappa shape index (κ2) is 7.75. The maximum Gasteiger partial charge on any atom is 0.263 e. The van der Waals surface area contributed by atoms with Gasteiger partial charge in [0.2, 0.25) is 10.0 Å². The summed E-state index contributed by atoms with van der Waals surface area (Å²) < 4.78 is 38.7. The Hall–Kier alpha value is -2.74. The van der Waals surface area contributed by atoms with Gasteiger partial charge in [0, 0.05) is 12.0 Å². The average molecular weight is 445 g/mol. The third kappa shape index (κ3) is 4.21. The molecule has 2 heterocycles. The standard InChI is InChI=1S/C23H28N2O5S/c1-5-31(27,28)25-14-21(29-19-9-7-6-8-18(19)25)22(26)24-17-13-23(3,4)30-20-12-15(2)10-11-16(17)20/h6-12,17,21H,5,13-14H2,1-4H3,(H,24,26)/t17-,21-/m0/s1. The van der Waals surface area contributed by atoms with Gasteiger partial charge >= 0.3 is 0 Å². The Morgan fingerprint density at radius 3 is 2.68 bits per heavy atom. The zero-order chi connectivity index (χ0) is 22.4. The molecule has 166 valence electrons. The van der Waals surface area contributed by atoms with Crippen LogP contribution in [-0.4, -0.2) is 38.3 Å². The molecule has 0 radical (unpaired) electrons. The number of fused-ring (bicyclic) bond motifs is 2. The Labute approximate surface area is 183 Å². The van der Waals surface area contributed by atoms with Gasteiger partial charge in [-0.2, -0.15) is 0 Å². The van der Waals surface area contributed by atoms with Crippen LogP contribution < -0.4 is 19.1 Å². The largest absolute Gasteiger partial charge is 0.487 e. The number of benzene rings is 2. The molecule has 0 fully saturated rings. The Morgan fingerprint density at radius 1 is 1.19 bits per heavy atom. The summed E-state index contributed by atoms with van der Waals surface area (Å²) in [6.07, 6.45) is -0.356. The Morgan fingerprint density at radius 2 is 1.94 bits per heavy atom. The van der Waals surface area contributed by atoms with Crippen molar-refractivity contribution in [1.29, 1.82) is 0 Å². The molecular weight excluding hydrogens is 416 g/mol. The monoisotopic (exact) mass is 444 g/mol. The number of carbonyl (C=O) groups excluding carboxylic acids is 1. The molecule has 0 aromatic heterocycles. The number of hydrogen-bond acceptors (Lipinski definition) is 5. The molecule has 2 aromatic carbocycles. The van der Waals surface area contributed by atoms with Gasteiger partial charge in [-0.3, -0.25) is 9.10 Å². The molecule has 2 aromatic rings. The lowest BCUT2D eigenvalue weighted by Crippen LogP contribution is -2.52. The van der Waals surface area contributed by atoms with Gasteiger partial charge in [-0.05, 0) is 51.5 Å². The molecule has 0 saturated heterocycles. The van der Waals surface area contributed by atoms with Crippen LogP contribution in [0, 0.1) is 6.92 Å². The number of para-hydroxylation sites is 2. The molecule has 1 amide bonds. The summed E-state index contributed by atoms with van der Waals surface area (Å²) in [5.74, 6) is 0.734. The summed E-state index contributed by atoms with van der Waals surface area (Å²) in [7, 11) is -3.55. The van der Waals surface area contributed by atoms with Gasteiger partial charge in [0.05, 0.1) is 24.0 Å². The summed E-state index contributed by atoms with van der Waals surface area (Å²) >= 11 is 0. The van der Waals surface area contributed by atoms with E-state index >= 15 is 0 Å². The van der Waals surface area contributed by atoms with E-state index in [-0.39, 0.29) is 24.2 Å². The molecule has 0 aliphatic carbocycles. The van der Waals surface area contributed by atoms with Crippen LogP contribution in [0.2, 0.25) is 0 Å². The molecule has 7 nitrogen and oxygen atoms in total. The van der Waals surface area contributed by atoms with Crippen molar-refractivity contribution in [2.45, 2.75) is 51.9 Å². The highest BCUT2D eigenvalue weighted by atomic mass is 32.2. The number of hydrogen-bond donors (Lipinski definition) is 1. The fraction of sp³-hybridized carbons (Fsp3) is 0.435. The van der Waals surface area contributed by atoms with Crippen molar-refractivity contribution in [2.75, 3.05) is 16.6 Å². The molecule has 8 heteroatoms. The first-order chi connectivity index (χ1) is 14.6. The van der Waals surface area contributed by atoms with Crippen LogP contribution in [-0.2, 0) is 14.8 Å². The molecular formula is C23H28N2O5S. The third-order valence-electron chi connectivity index (χ3n) is 5.67. The number of carbonyl (C=O) groups is 1. The van der Waals surface area contributed by atoms with E-state index in [0.29, 0.717) is 17.9 Å². The van der Waals surface area contributed by atoms with Crippen molar-refractivity contribution < 1.29 is 22.7 Å². The summed E-state index contributed by atoms with van der Waals surface area (Å²) in [4.78, 5) is 13.2. The van der Waals surface area contributed by atoms with E-state index in [1.165, 1.54) is 4.31 Å². The summed E-state index contributed by atoms with van der Waals surface area (Å²) in [5, 5.41) is 3.08. The second-order valence-corrected chi connectivity index (χ2v) is 10.9. The van der Waals surface area contributed by atoms with Gasteiger partial charge in [0.15, 0.2) is 6.10 Å². The summed E-state index contributed by atoms with van der Waals surface area (Å²) in [6.45, 7) is 7.49. The molecule has 2 atom stereocenters. The number of aryl methyl sites for hydroxylation is 1. The smallest absolute Gasteiger partial charge is 0.263 e. The van der Waals surface area contributed by atoms with Crippen LogP contribution in [0.15, 0.2) is 42.5 Å². The van der Waals surface area contributed by atoms with Crippen LogP contribution >= 0.6 is 0 Å². The molecule has 31 heavy (non-hydrogen) atoms. The van der Waals surface area contributed by atoms with Gasteiger partial charge in [-0.25, -0.2) is 8.42 Å². The van der Waals surface area contributed by atoms with Crippen molar-refractivity contribution in [3.05, 3.63) is 53.6 Å². The topological polar surface area (TPSA) is 84.9 Å². The summed E-state index contributed by atoms with van der Waals surface area (Å²) in [5.41, 5.74) is 2.00. The first-order valence-electron chi connectivity index (χ1n) is 10.5. The lowest BCUT2D eigenvalue weighted by Gasteiger charge is -2.39. The molecule has 2 aliphatic heterocycles. The number of amides is 1. The van der Waals surface area contributed by atoms with Gasteiger partial charge in [0.25, 0.3) is 5.91 Å². The van der Waals surface area contributed by atoms with Crippen LogP contribution in [0.3, 0.4) is 0 Å². The number of rotatable bonds is 4. The molecule has 4 rings (SSSR count). The number of anilines is 1. The fourth-order valence-corrected chi connectivity index (χ4v) is 5.23. The van der Waals surface area contributed by atoms with Crippen molar-refractivity contribution in [3.63, 3.8) is 0 Å². The maximum absolute atomic E-state index is 13.2. The van der Waals surface area contributed by atoms with E-state index in [0.717, 1.165) is 16.9 Å². The van der Waals surface area contributed by atoms with Gasteiger partial charge in [0.1, 0.15) is 17.1 Å². The van der Waals surface area contributed by atoms with Crippen molar-refractivity contribution in [1.82, 2.24) is 5.32 Å². The highest BCUT2D eigenvalue weighted by molar-refractivity contribution is 7.92. The van der Waals surface area contributed by atoms with Gasteiger partial charge in [-0.15, -0.1) is 0 Å². The molecule has 0 saturated carbocycles. The third-order valence-corrected chi connectivity index (χ3v) is 7.42. The van der Waals surface area contributed by atoms with Crippen LogP contribution in [0.5, 0.6) is 11.5 Å².